The van der Waals surface area contributed by atoms with E-state index in [0.29, 0.717) is 16.5 Å². The number of nitrogens with zero attached hydrogens (tertiary/aromatic N) is 2. The maximum atomic E-state index is 14.0. The van der Waals surface area contributed by atoms with Crippen molar-refractivity contribution in [3.05, 3.63) is 51.5 Å². The van der Waals surface area contributed by atoms with E-state index in [4.69, 9.17) is 5.84 Å². The quantitative estimate of drug-likeness (QED) is 0.650. The molecule has 1 aromatic heterocycles. The van der Waals surface area contributed by atoms with Crippen LogP contribution in [0.3, 0.4) is 0 Å². The smallest absolute Gasteiger partial charge is 0.129 e. The molecule has 3 N–H and O–H groups in total. The first-order valence-electron chi connectivity index (χ1n) is 6.49. The van der Waals surface area contributed by atoms with E-state index in [2.05, 4.69) is 26.5 Å². The fourth-order valence-electron chi connectivity index (χ4n) is 2.29. The number of halogens is 2. The molecule has 0 saturated carbocycles. The van der Waals surface area contributed by atoms with E-state index in [0.717, 1.165) is 17.9 Å². The van der Waals surface area contributed by atoms with Crippen molar-refractivity contribution in [2.45, 2.75) is 32.9 Å². The van der Waals surface area contributed by atoms with Crippen LogP contribution in [-0.4, -0.2) is 9.78 Å². The summed E-state index contributed by atoms with van der Waals surface area (Å²) in [5.74, 6) is 5.32. The van der Waals surface area contributed by atoms with Crippen LogP contribution in [0.15, 0.2) is 28.7 Å². The molecule has 2 aromatic rings. The first-order chi connectivity index (χ1) is 9.55. The third-order valence-corrected chi connectivity index (χ3v) is 3.73. The average Bonchev–Trinajstić information content (AvgIpc) is 2.76. The lowest BCUT2D eigenvalue weighted by Gasteiger charge is -2.17. The summed E-state index contributed by atoms with van der Waals surface area (Å²) in [4.78, 5) is 0. The van der Waals surface area contributed by atoms with Gasteiger partial charge < -0.3 is 0 Å². The molecule has 108 valence electrons. The van der Waals surface area contributed by atoms with Crippen LogP contribution >= 0.6 is 15.9 Å². The van der Waals surface area contributed by atoms with Gasteiger partial charge in [-0.3, -0.25) is 16.0 Å². The Labute approximate surface area is 126 Å². The zero-order valence-corrected chi connectivity index (χ0v) is 13.1. The van der Waals surface area contributed by atoms with Crippen molar-refractivity contribution in [3.8, 4) is 0 Å². The summed E-state index contributed by atoms with van der Waals surface area (Å²) in [5.41, 5.74) is 5.23. The van der Waals surface area contributed by atoms with E-state index in [1.165, 1.54) is 6.07 Å². The zero-order chi connectivity index (χ0) is 14.7. The Bertz CT molecular complexity index is 597. The van der Waals surface area contributed by atoms with Crippen molar-refractivity contribution in [1.82, 2.24) is 15.2 Å². The molecule has 0 amide bonds. The van der Waals surface area contributed by atoms with E-state index in [1.54, 1.807) is 6.07 Å². The molecule has 0 aliphatic carbocycles. The fourth-order valence-corrected chi connectivity index (χ4v) is 2.62. The van der Waals surface area contributed by atoms with Crippen LogP contribution in [0.25, 0.3) is 0 Å². The first-order valence-corrected chi connectivity index (χ1v) is 7.28. The normalized spacial score (nSPS) is 12.7. The second-order valence-electron chi connectivity index (χ2n) is 4.68. The molecule has 4 nitrogen and oxygen atoms in total. The minimum Gasteiger partial charge on any atom is -0.271 e. The summed E-state index contributed by atoms with van der Waals surface area (Å²) in [5, 5.41) is 4.39. The molecule has 1 aromatic carbocycles. The lowest BCUT2D eigenvalue weighted by molar-refractivity contribution is 0.490. The van der Waals surface area contributed by atoms with Gasteiger partial charge in [0.05, 0.1) is 11.7 Å². The number of hydrogen-bond donors (Lipinski definition) is 2. The van der Waals surface area contributed by atoms with Crippen LogP contribution in [-0.2, 0) is 13.0 Å². The minimum absolute atomic E-state index is 0.276. The van der Waals surface area contributed by atoms with Crippen LogP contribution in [0.4, 0.5) is 4.39 Å². The summed E-state index contributed by atoms with van der Waals surface area (Å²) >= 11 is 3.25. The monoisotopic (exact) mass is 340 g/mol. The summed E-state index contributed by atoms with van der Waals surface area (Å²) in [7, 11) is 0. The molecule has 0 fully saturated rings. The molecule has 6 heteroatoms. The SMILES string of the molecule is CCn1nc(C)cc1CC(NN)c1ccc(Br)cc1F. The van der Waals surface area contributed by atoms with Gasteiger partial charge in [0.15, 0.2) is 0 Å². The van der Waals surface area contributed by atoms with Gasteiger partial charge in [-0.15, -0.1) is 0 Å². The van der Waals surface area contributed by atoms with Crippen LogP contribution in [0.1, 0.15) is 29.9 Å². The summed E-state index contributed by atoms with van der Waals surface area (Å²) in [6, 6.07) is 6.71. The lowest BCUT2D eigenvalue weighted by Crippen LogP contribution is -2.31. The zero-order valence-electron chi connectivity index (χ0n) is 11.5. The predicted octanol–water partition coefficient (Wildman–Crippen LogP) is 2.86. The number of nitrogens with one attached hydrogen (secondary N) is 1. The van der Waals surface area contributed by atoms with Crippen molar-refractivity contribution in [2.75, 3.05) is 0 Å². The Morgan fingerprint density at radius 3 is 2.80 bits per heavy atom. The number of benzene rings is 1. The van der Waals surface area contributed by atoms with Crippen molar-refractivity contribution >= 4 is 15.9 Å². The van der Waals surface area contributed by atoms with E-state index < -0.39 is 0 Å². The van der Waals surface area contributed by atoms with Gasteiger partial charge in [0.25, 0.3) is 0 Å². The second-order valence-corrected chi connectivity index (χ2v) is 5.60. The molecule has 0 bridgehead atoms. The van der Waals surface area contributed by atoms with Gasteiger partial charge in [0.1, 0.15) is 5.82 Å². The molecule has 1 heterocycles. The predicted molar refractivity (Wildman–Crippen MR) is 80.5 cm³/mol. The van der Waals surface area contributed by atoms with Crippen LogP contribution in [0.5, 0.6) is 0 Å². The van der Waals surface area contributed by atoms with Crippen molar-refractivity contribution in [1.29, 1.82) is 0 Å². The highest BCUT2D eigenvalue weighted by Crippen LogP contribution is 2.24. The molecule has 0 spiro atoms. The molecule has 0 saturated heterocycles. The highest BCUT2D eigenvalue weighted by atomic mass is 79.9. The largest absolute Gasteiger partial charge is 0.271 e. The average molecular weight is 341 g/mol. The Balaban J connectivity index is 2.28. The van der Waals surface area contributed by atoms with Crippen molar-refractivity contribution in [3.63, 3.8) is 0 Å². The van der Waals surface area contributed by atoms with Gasteiger partial charge in [0.2, 0.25) is 0 Å². The van der Waals surface area contributed by atoms with Gasteiger partial charge in [-0.25, -0.2) is 4.39 Å². The van der Waals surface area contributed by atoms with Gasteiger partial charge in [0, 0.05) is 28.7 Å². The molecule has 1 atom stereocenters. The highest BCUT2D eigenvalue weighted by Gasteiger charge is 2.17. The summed E-state index contributed by atoms with van der Waals surface area (Å²) in [6.07, 6.45) is 0.587. The number of hydrogen-bond acceptors (Lipinski definition) is 3. The van der Waals surface area contributed by atoms with Crippen molar-refractivity contribution < 1.29 is 4.39 Å². The fraction of sp³-hybridized carbons (Fsp3) is 0.357. The molecular weight excluding hydrogens is 323 g/mol. The maximum absolute atomic E-state index is 14.0. The number of aryl methyl sites for hydroxylation is 2. The van der Waals surface area contributed by atoms with Crippen LogP contribution < -0.4 is 11.3 Å². The van der Waals surface area contributed by atoms with E-state index in [1.807, 2.05) is 30.7 Å². The first kappa shape index (κ1) is 15.2. The van der Waals surface area contributed by atoms with E-state index >= 15 is 0 Å². The number of nitrogens with two attached hydrogens (primary N) is 1. The molecular formula is C14H18BrFN4. The van der Waals surface area contributed by atoms with Crippen LogP contribution in [0, 0.1) is 12.7 Å². The van der Waals surface area contributed by atoms with Gasteiger partial charge >= 0.3 is 0 Å². The number of hydrazine groups is 1. The molecule has 2 rings (SSSR count). The summed E-state index contributed by atoms with van der Waals surface area (Å²) in [6.45, 7) is 4.76. The third-order valence-electron chi connectivity index (χ3n) is 3.24. The Morgan fingerprint density at radius 2 is 2.20 bits per heavy atom. The maximum Gasteiger partial charge on any atom is 0.129 e. The number of aromatic nitrogens is 2. The molecule has 0 aliphatic heterocycles. The van der Waals surface area contributed by atoms with Gasteiger partial charge in [-0.05, 0) is 32.0 Å². The molecule has 1 unspecified atom stereocenters. The number of rotatable bonds is 5. The minimum atomic E-state index is -0.288. The van der Waals surface area contributed by atoms with E-state index in [9.17, 15) is 4.39 Å². The highest BCUT2D eigenvalue weighted by molar-refractivity contribution is 9.10. The van der Waals surface area contributed by atoms with Crippen LogP contribution in [0.2, 0.25) is 0 Å². The van der Waals surface area contributed by atoms with E-state index in [-0.39, 0.29) is 11.9 Å². The third kappa shape index (κ3) is 3.26. The summed E-state index contributed by atoms with van der Waals surface area (Å²) < 4.78 is 16.7. The second kappa shape index (κ2) is 6.47. The topological polar surface area (TPSA) is 55.9 Å². The Hall–Kier alpha value is -1.24. The lowest BCUT2D eigenvalue weighted by atomic mass is 10.0. The van der Waals surface area contributed by atoms with Gasteiger partial charge in [-0.2, -0.15) is 5.10 Å². The Kier molecular flexibility index (Phi) is 4.91. The van der Waals surface area contributed by atoms with Crippen molar-refractivity contribution in [2.24, 2.45) is 5.84 Å². The Morgan fingerprint density at radius 1 is 1.45 bits per heavy atom. The van der Waals surface area contributed by atoms with Gasteiger partial charge in [-0.1, -0.05) is 22.0 Å². The molecule has 20 heavy (non-hydrogen) atoms. The standard InChI is InChI=1S/C14H18BrFN4/c1-3-20-11(6-9(2)19-20)8-14(18-17)12-5-4-10(15)7-13(12)16/h4-7,14,18H,3,8,17H2,1-2H3. The molecule has 0 aliphatic rings. The molecule has 0 radical (unpaired) electrons.